The first-order valence-corrected chi connectivity index (χ1v) is 7.18. The average molecular weight is 285 g/mol. The molecule has 0 spiro atoms. The van der Waals surface area contributed by atoms with Crippen LogP contribution in [0.3, 0.4) is 0 Å². The van der Waals surface area contributed by atoms with Crippen LogP contribution in [0.25, 0.3) is 0 Å². The second-order valence-corrected chi connectivity index (χ2v) is 6.10. The number of carbonyl (C=O) groups is 1. The minimum atomic E-state index is -0.808. The van der Waals surface area contributed by atoms with Crippen molar-refractivity contribution in [3.63, 3.8) is 0 Å². The molecule has 0 aromatic carbocycles. The van der Waals surface area contributed by atoms with Gasteiger partial charge in [-0.15, -0.1) is 11.3 Å². The fourth-order valence-electron chi connectivity index (χ4n) is 2.19. The molecule has 2 heterocycles. The van der Waals surface area contributed by atoms with E-state index in [0.29, 0.717) is 19.8 Å². The van der Waals surface area contributed by atoms with Crippen LogP contribution in [0.2, 0.25) is 0 Å². The topological polar surface area (TPSA) is 78.8 Å². The summed E-state index contributed by atoms with van der Waals surface area (Å²) in [7, 11) is 0. The zero-order valence-corrected chi connectivity index (χ0v) is 11.5. The van der Waals surface area contributed by atoms with Gasteiger partial charge in [0, 0.05) is 35.1 Å². The van der Waals surface area contributed by atoms with E-state index in [1.165, 1.54) is 11.3 Å². The number of hydrogen-bond donors (Lipinski definition) is 3. The van der Waals surface area contributed by atoms with E-state index in [1.807, 2.05) is 12.1 Å². The number of rotatable bonds is 6. The van der Waals surface area contributed by atoms with E-state index in [9.17, 15) is 9.90 Å². The Morgan fingerprint density at radius 3 is 2.68 bits per heavy atom. The standard InChI is InChI=1S/C13H19NO4S/c15-9-13(3-5-18-6-4-13)14-8-11-2-1-10(19-11)7-12(16)17/h1-2,14-15H,3-9H2,(H,16,17). The quantitative estimate of drug-likeness (QED) is 0.727. The maximum Gasteiger partial charge on any atom is 0.308 e. The Balaban J connectivity index is 1.90. The first-order valence-electron chi connectivity index (χ1n) is 6.37. The number of aliphatic carboxylic acids is 1. The van der Waals surface area contributed by atoms with Crippen molar-refractivity contribution < 1.29 is 19.7 Å². The van der Waals surface area contributed by atoms with Crippen molar-refractivity contribution in [2.75, 3.05) is 19.8 Å². The molecule has 1 aromatic rings. The fourth-order valence-corrected chi connectivity index (χ4v) is 3.14. The molecule has 1 fully saturated rings. The normalized spacial score (nSPS) is 18.4. The number of aliphatic hydroxyl groups is 1. The highest BCUT2D eigenvalue weighted by atomic mass is 32.1. The number of aliphatic hydroxyl groups excluding tert-OH is 1. The van der Waals surface area contributed by atoms with Gasteiger partial charge in [-0.1, -0.05) is 0 Å². The number of ether oxygens (including phenoxy) is 1. The maximum absolute atomic E-state index is 10.6. The second kappa shape index (κ2) is 6.47. The lowest BCUT2D eigenvalue weighted by atomic mass is 9.91. The molecule has 0 saturated carbocycles. The summed E-state index contributed by atoms with van der Waals surface area (Å²) in [4.78, 5) is 12.6. The summed E-state index contributed by atoms with van der Waals surface area (Å²) >= 11 is 1.50. The lowest BCUT2D eigenvalue weighted by Gasteiger charge is -2.36. The fraction of sp³-hybridized carbons (Fsp3) is 0.615. The van der Waals surface area contributed by atoms with Crippen LogP contribution < -0.4 is 5.32 Å². The van der Waals surface area contributed by atoms with Crippen LogP contribution >= 0.6 is 11.3 Å². The molecular weight excluding hydrogens is 266 g/mol. The van der Waals surface area contributed by atoms with Gasteiger partial charge in [-0.2, -0.15) is 0 Å². The Labute approximate surface area is 116 Å². The Hall–Kier alpha value is -0.950. The molecule has 0 aliphatic carbocycles. The van der Waals surface area contributed by atoms with E-state index in [1.54, 1.807) is 0 Å². The van der Waals surface area contributed by atoms with Gasteiger partial charge in [0.25, 0.3) is 0 Å². The second-order valence-electron chi connectivity index (χ2n) is 4.84. The van der Waals surface area contributed by atoms with Gasteiger partial charge in [-0.3, -0.25) is 4.79 Å². The lowest BCUT2D eigenvalue weighted by molar-refractivity contribution is -0.136. The third-order valence-corrected chi connectivity index (χ3v) is 4.52. The Morgan fingerprint density at radius 2 is 2.05 bits per heavy atom. The SMILES string of the molecule is O=C(O)Cc1ccc(CNC2(CO)CCOCC2)s1. The molecule has 1 aliphatic heterocycles. The van der Waals surface area contributed by atoms with E-state index in [-0.39, 0.29) is 18.6 Å². The minimum absolute atomic E-state index is 0.0731. The molecule has 5 nitrogen and oxygen atoms in total. The van der Waals surface area contributed by atoms with E-state index in [2.05, 4.69) is 5.32 Å². The zero-order valence-electron chi connectivity index (χ0n) is 10.7. The summed E-state index contributed by atoms with van der Waals surface area (Å²) in [6.45, 7) is 2.10. The van der Waals surface area contributed by atoms with Crippen LogP contribution in [-0.4, -0.2) is 41.5 Å². The first kappa shape index (κ1) is 14.5. The highest BCUT2D eigenvalue weighted by Gasteiger charge is 2.31. The van der Waals surface area contributed by atoms with E-state index in [0.717, 1.165) is 22.6 Å². The largest absolute Gasteiger partial charge is 0.481 e. The van der Waals surface area contributed by atoms with Crippen LogP contribution in [0.15, 0.2) is 12.1 Å². The number of thiophene rings is 1. The maximum atomic E-state index is 10.6. The highest BCUT2D eigenvalue weighted by Crippen LogP contribution is 2.23. The monoisotopic (exact) mass is 285 g/mol. The lowest BCUT2D eigenvalue weighted by Crippen LogP contribution is -2.51. The molecule has 6 heteroatoms. The third-order valence-electron chi connectivity index (χ3n) is 3.43. The van der Waals surface area contributed by atoms with Crippen LogP contribution in [0.4, 0.5) is 0 Å². The van der Waals surface area contributed by atoms with E-state index < -0.39 is 5.97 Å². The van der Waals surface area contributed by atoms with Gasteiger partial charge in [0.1, 0.15) is 0 Å². The van der Waals surface area contributed by atoms with Crippen LogP contribution in [0.1, 0.15) is 22.6 Å². The summed E-state index contributed by atoms with van der Waals surface area (Å²) in [5.74, 6) is -0.808. The number of nitrogens with one attached hydrogen (secondary N) is 1. The van der Waals surface area contributed by atoms with Crippen molar-refractivity contribution in [2.45, 2.75) is 31.3 Å². The molecular formula is C13H19NO4S. The van der Waals surface area contributed by atoms with Gasteiger partial charge in [0.2, 0.25) is 0 Å². The molecule has 0 atom stereocenters. The molecule has 19 heavy (non-hydrogen) atoms. The Morgan fingerprint density at radius 1 is 1.37 bits per heavy atom. The van der Waals surface area contributed by atoms with Gasteiger partial charge >= 0.3 is 5.97 Å². The summed E-state index contributed by atoms with van der Waals surface area (Å²) in [5, 5.41) is 21.7. The molecule has 0 radical (unpaired) electrons. The van der Waals surface area contributed by atoms with Gasteiger partial charge in [-0.05, 0) is 25.0 Å². The van der Waals surface area contributed by atoms with Crippen molar-refractivity contribution >= 4 is 17.3 Å². The van der Waals surface area contributed by atoms with Gasteiger partial charge in [-0.25, -0.2) is 0 Å². The predicted molar refractivity (Wildman–Crippen MR) is 72.4 cm³/mol. The van der Waals surface area contributed by atoms with Gasteiger partial charge in [0.05, 0.1) is 13.0 Å². The summed E-state index contributed by atoms with van der Waals surface area (Å²) < 4.78 is 5.31. The number of hydrogen-bond acceptors (Lipinski definition) is 5. The van der Waals surface area contributed by atoms with Crippen molar-refractivity contribution in [3.05, 3.63) is 21.9 Å². The highest BCUT2D eigenvalue weighted by molar-refractivity contribution is 7.12. The summed E-state index contributed by atoms with van der Waals surface area (Å²) in [6.07, 6.45) is 1.68. The van der Waals surface area contributed by atoms with E-state index in [4.69, 9.17) is 9.84 Å². The predicted octanol–water partition coefficient (Wildman–Crippen LogP) is 1.01. The molecule has 0 amide bonds. The van der Waals surface area contributed by atoms with Gasteiger partial charge < -0.3 is 20.3 Å². The molecule has 2 rings (SSSR count). The van der Waals surface area contributed by atoms with Gasteiger partial charge in [0.15, 0.2) is 0 Å². The number of carboxylic acids is 1. The van der Waals surface area contributed by atoms with Crippen LogP contribution in [-0.2, 0) is 22.5 Å². The summed E-state index contributed by atoms with van der Waals surface area (Å²) in [5.41, 5.74) is -0.255. The zero-order chi connectivity index (χ0) is 13.7. The van der Waals surface area contributed by atoms with E-state index >= 15 is 0 Å². The van der Waals surface area contributed by atoms with Crippen molar-refractivity contribution in [1.82, 2.24) is 5.32 Å². The van der Waals surface area contributed by atoms with Crippen LogP contribution in [0, 0.1) is 0 Å². The van der Waals surface area contributed by atoms with Crippen LogP contribution in [0.5, 0.6) is 0 Å². The Bertz CT molecular complexity index is 426. The smallest absolute Gasteiger partial charge is 0.308 e. The number of carboxylic acid groups (broad SMARTS) is 1. The molecule has 3 N–H and O–H groups in total. The molecule has 1 aliphatic rings. The molecule has 0 bridgehead atoms. The molecule has 0 unspecified atom stereocenters. The van der Waals surface area contributed by atoms with Crippen molar-refractivity contribution in [2.24, 2.45) is 0 Å². The first-order chi connectivity index (χ1) is 9.13. The molecule has 1 saturated heterocycles. The van der Waals surface area contributed by atoms with Crippen molar-refractivity contribution in [1.29, 1.82) is 0 Å². The third kappa shape index (κ3) is 4.01. The average Bonchev–Trinajstić information content (AvgIpc) is 2.84. The molecule has 106 valence electrons. The molecule has 1 aromatic heterocycles. The summed E-state index contributed by atoms with van der Waals surface area (Å²) in [6, 6.07) is 3.80. The van der Waals surface area contributed by atoms with Crippen molar-refractivity contribution in [3.8, 4) is 0 Å². The minimum Gasteiger partial charge on any atom is -0.481 e. The Kier molecular flexibility index (Phi) is 4.93.